The number of piperazine rings is 1. The SMILES string of the molecule is Cc1cc(CSc2ncccc2C(=O)NCCN2CCNCC2)no1. The lowest BCUT2D eigenvalue weighted by Crippen LogP contribution is -2.46. The normalized spacial score (nSPS) is 15.2. The van der Waals surface area contributed by atoms with Crippen LogP contribution >= 0.6 is 11.8 Å². The highest BCUT2D eigenvalue weighted by atomic mass is 32.2. The van der Waals surface area contributed by atoms with E-state index in [1.807, 2.05) is 19.1 Å². The summed E-state index contributed by atoms with van der Waals surface area (Å²) in [7, 11) is 0. The Kier molecular flexibility index (Phi) is 6.43. The van der Waals surface area contributed by atoms with Gasteiger partial charge < -0.3 is 15.2 Å². The van der Waals surface area contributed by atoms with Gasteiger partial charge in [-0.25, -0.2) is 4.98 Å². The molecule has 8 heteroatoms. The van der Waals surface area contributed by atoms with Crippen molar-refractivity contribution in [2.45, 2.75) is 17.7 Å². The predicted octanol–water partition coefficient (Wildman–Crippen LogP) is 1.31. The zero-order valence-electron chi connectivity index (χ0n) is 14.3. The Morgan fingerprint density at radius 2 is 2.28 bits per heavy atom. The van der Waals surface area contributed by atoms with Gasteiger partial charge in [0.2, 0.25) is 0 Å². The Hall–Kier alpha value is -1.90. The van der Waals surface area contributed by atoms with Crippen molar-refractivity contribution in [3.63, 3.8) is 0 Å². The number of pyridine rings is 1. The first-order valence-corrected chi connectivity index (χ1v) is 9.42. The summed E-state index contributed by atoms with van der Waals surface area (Å²) in [4.78, 5) is 19.2. The zero-order chi connectivity index (χ0) is 17.5. The number of aryl methyl sites for hydroxylation is 1. The van der Waals surface area contributed by atoms with Crippen LogP contribution < -0.4 is 10.6 Å². The van der Waals surface area contributed by atoms with Crippen LogP contribution in [-0.2, 0) is 5.75 Å². The Balaban J connectivity index is 1.52. The standard InChI is InChI=1S/C17H23N5O2S/c1-13-11-14(21-24-13)12-25-17-15(3-2-4-20-17)16(23)19-7-10-22-8-5-18-6-9-22/h2-4,11,18H,5-10,12H2,1H3,(H,19,23). The van der Waals surface area contributed by atoms with Gasteiger partial charge in [0, 0.05) is 57.3 Å². The maximum absolute atomic E-state index is 12.5. The van der Waals surface area contributed by atoms with E-state index in [0.29, 0.717) is 22.9 Å². The second-order valence-electron chi connectivity index (χ2n) is 5.92. The third kappa shape index (κ3) is 5.29. The second kappa shape index (κ2) is 8.98. The molecule has 25 heavy (non-hydrogen) atoms. The minimum absolute atomic E-state index is 0.0814. The van der Waals surface area contributed by atoms with E-state index in [9.17, 15) is 4.79 Å². The monoisotopic (exact) mass is 361 g/mol. The predicted molar refractivity (Wildman–Crippen MR) is 96.7 cm³/mol. The van der Waals surface area contributed by atoms with E-state index in [1.165, 1.54) is 11.8 Å². The van der Waals surface area contributed by atoms with Gasteiger partial charge in [-0.15, -0.1) is 0 Å². The van der Waals surface area contributed by atoms with Gasteiger partial charge in [-0.1, -0.05) is 16.9 Å². The molecule has 3 heterocycles. The minimum atomic E-state index is -0.0814. The number of carbonyl (C=O) groups is 1. The highest BCUT2D eigenvalue weighted by Gasteiger charge is 2.14. The Morgan fingerprint density at radius 3 is 3.04 bits per heavy atom. The number of hydrogen-bond donors (Lipinski definition) is 2. The summed E-state index contributed by atoms with van der Waals surface area (Å²) in [5.74, 6) is 1.32. The lowest BCUT2D eigenvalue weighted by Gasteiger charge is -2.27. The summed E-state index contributed by atoms with van der Waals surface area (Å²) < 4.78 is 5.07. The molecule has 0 atom stereocenters. The van der Waals surface area contributed by atoms with Crippen LogP contribution in [0.1, 0.15) is 21.8 Å². The van der Waals surface area contributed by atoms with Crippen molar-refractivity contribution in [1.29, 1.82) is 0 Å². The van der Waals surface area contributed by atoms with Gasteiger partial charge in [0.15, 0.2) is 0 Å². The van der Waals surface area contributed by atoms with Crippen molar-refractivity contribution < 1.29 is 9.32 Å². The van der Waals surface area contributed by atoms with E-state index < -0.39 is 0 Å². The molecule has 1 amide bonds. The molecule has 3 rings (SSSR count). The summed E-state index contributed by atoms with van der Waals surface area (Å²) in [5, 5.41) is 11.0. The van der Waals surface area contributed by atoms with E-state index in [2.05, 4.69) is 25.7 Å². The topological polar surface area (TPSA) is 83.3 Å². The molecule has 0 bridgehead atoms. The van der Waals surface area contributed by atoms with Gasteiger partial charge in [-0.2, -0.15) is 0 Å². The molecule has 1 fully saturated rings. The lowest BCUT2D eigenvalue weighted by atomic mass is 10.2. The highest BCUT2D eigenvalue weighted by Crippen LogP contribution is 2.24. The number of carbonyl (C=O) groups excluding carboxylic acids is 1. The van der Waals surface area contributed by atoms with E-state index in [4.69, 9.17) is 4.52 Å². The number of rotatable bonds is 7. The number of hydrogen-bond acceptors (Lipinski definition) is 7. The maximum Gasteiger partial charge on any atom is 0.254 e. The van der Waals surface area contributed by atoms with Crippen molar-refractivity contribution in [3.05, 3.63) is 41.4 Å². The summed E-state index contributed by atoms with van der Waals surface area (Å²) in [6.45, 7) is 7.45. The fourth-order valence-electron chi connectivity index (χ4n) is 2.66. The average molecular weight is 361 g/mol. The molecule has 0 aromatic carbocycles. The Labute approximate surface area is 151 Å². The molecular formula is C17H23N5O2S. The molecule has 0 spiro atoms. The number of nitrogens with one attached hydrogen (secondary N) is 2. The highest BCUT2D eigenvalue weighted by molar-refractivity contribution is 7.98. The van der Waals surface area contributed by atoms with Crippen LogP contribution in [0.15, 0.2) is 33.9 Å². The summed E-state index contributed by atoms with van der Waals surface area (Å²) >= 11 is 1.49. The van der Waals surface area contributed by atoms with Gasteiger partial charge in [0.25, 0.3) is 5.91 Å². The van der Waals surface area contributed by atoms with Gasteiger partial charge in [0.05, 0.1) is 11.3 Å². The number of aromatic nitrogens is 2. The molecule has 2 aromatic rings. The van der Waals surface area contributed by atoms with Crippen LogP contribution in [0.5, 0.6) is 0 Å². The molecule has 2 aromatic heterocycles. The molecule has 7 nitrogen and oxygen atoms in total. The minimum Gasteiger partial charge on any atom is -0.361 e. The molecule has 0 radical (unpaired) electrons. The molecule has 0 aliphatic carbocycles. The molecule has 0 unspecified atom stereocenters. The van der Waals surface area contributed by atoms with Crippen LogP contribution in [0.2, 0.25) is 0 Å². The number of thioether (sulfide) groups is 1. The first-order valence-electron chi connectivity index (χ1n) is 8.43. The molecule has 1 aliphatic heterocycles. The zero-order valence-corrected chi connectivity index (χ0v) is 15.1. The van der Waals surface area contributed by atoms with Gasteiger partial charge >= 0.3 is 0 Å². The largest absolute Gasteiger partial charge is 0.361 e. The molecular weight excluding hydrogens is 338 g/mol. The van der Waals surface area contributed by atoms with Crippen molar-refractivity contribution in [1.82, 2.24) is 25.7 Å². The van der Waals surface area contributed by atoms with Crippen molar-refractivity contribution in [2.75, 3.05) is 39.3 Å². The fourth-order valence-corrected chi connectivity index (χ4v) is 3.54. The van der Waals surface area contributed by atoms with Gasteiger partial charge in [-0.3, -0.25) is 9.69 Å². The number of nitrogens with zero attached hydrogens (tertiary/aromatic N) is 3. The van der Waals surface area contributed by atoms with Crippen molar-refractivity contribution in [3.8, 4) is 0 Å². The number of amides is 1. The van der Waals surface area contributed by atoms with E-state index in [0.717, 1.165) is 44.2 Å². The quantitative estimate of drug-likeness (QED) is 0.719. The summed E-state index contributed by atoms with van der Waals surface area (Å²) in [6, 6.07) is 5.49. The first kappa shape index (κ1) is 17.9. The van der Waals surface area contributed by atoms with Crippen LogP contribution in [0.4, 0.5) is 0 Å². The molecule has 0 saturated carbocycles. The molecule has 1 aliphatic rings. The van der Waals surface area contributed by atoms with Gasteiger partial charge in [-0.05, 0) is 19.1 Å². The maximum atomic E-state index is 12.5. The van der Waals surface area contributed by atoms with Crippen LogP contribution in [0.25, 0.3) is 0 Å². The molecule has 134 valence electrons. The second-order valence-corrected chi connectivity index (χ2v) is 6.89. The Bertz CT molecular complexity index is 700. The summed E-state index contributed by atoms with van der Waals surface area (Å²) in [5.41, 5.74) is 1.45. The third-order valence-corrected chi connectivity index (χ3v) is 5.01. The lowest BCUT2D eigenvalue weighted by molar-refractivity contribution is 0.0943. The summed E-state index contributed by atoms with van der Waals surface area (Å²) in [6.07, 6.45) is 1.70. The van der Waals surface area contributed by atoms with Crippen LogP contribution in [-0.4, -0.2) is 60.2 Å². The van der Waals surface area contributed by atoms with E-state index in [-0.39, 0.29) is 5.91 Å². The average Bonchev–Trinajstić information content (AvgIpc) is 3.06. The van der Waals surface area contributed by atoms with Gasteiger partial charge in [0.1, 0.15) is 10.8 Å². The van der Waals surface area contributed by atoms with E-state index >= 15 is 0 Å². The van der Waals surface area contributed by atoms with Crippen LogP contribution in [0, 0.1) is 6.92 Å². The van der Waals surface area contributed by atoms with Crippen LogP contribution in [0.3, 0.4) is 0 Å². The first-order chi connectivity index (χ1) is 12.2. The molecule has 1 saturated heterocycles. The third-order valence-electron chi connectivity index (χ3n) is 3.97. The van der Waals surface area contributed by atoms with E-state index in [1.54, 1.807) is 12.3 Å². The van der Waals surface area contributed by atoms with Crippen molar-refractivity contribution in [2.24, 2.45) is 0 Å². The molecule has 2 N–H and O–H groups in total. The fraction of sp³-hybridized carbons (Fsp3) is 0.471. The Morgan fingerprint density at radius 1 is 1.44 bits per heavy atom. The smallest absolute Gasteiger partial charge is 0.254 e. The van der Waals surface area contributed by atoms with Crippen molar-refractivity contribution >= 4 is 17.7 Å².